The number of imidazole rings is 1. The topological polar surface area (TPSA) is 72.8 Å². The van der Waals surface area contributed by atoms with Gasteiger partial charge in [0.05, 0.1) is 22.7 Å². The standard InChI is InChI=1S/C20H18N4O/c21-12-14-7-9-15(10-8-14)20(25)24-11-3-4-16(13-24)19-22-17-5-1-2-6-18(17)23-19/h1-2,5-10,16H,3-4,11,13H2,(H,22,23)/t16-/m0/s1. The molecule has 0 radical (unpaired) electrons. The van der Waals surface area contributed by atoms with E-state index in [2.05, 4.69) is 11.1 Å². The molecule has 1 aliphatic rings. The Balaban J connectivity index is 1.53. The molecule has 0 unspecified atom stereocenters. The van der Waals surface area contributed by atoms with E-state index in [9.17, 15) is 4.79 Å². The smallest absolute Gasteiger partial charge is 0.253 e. The molecular weight excluding hydrogens is 312 g/mol. The van der Waals surface area contributed by atoms with E-state index >= 15 is 0 Å². The van der Waals surface area contributed by atoms with E-state index in [0.717, 1.165) is 36.2 Å². The zero-order chi connectivity index (χ0) is 17.2. The number of nitriles is 1. The monoisotopic (exact) mass is 330 g/mol. The number of aromatic nitrogens is 2. The van der Waals surface area contributed by atoms with Crippen LogP contribution >= 0.6 is 0 Å². The minimum atomic E-state index is 0.0188. The predicted octanol–water partition coefficient (Wildman–Crippen LogP) is 3.45. The Labute approximate surface area is 145 Å². The van der Waals surface area contributed by atoms with Gasteiger partial charge in [0.25, 0.3) is 5.91 Å². The normalized spacial score (nSPS) is 17.4. The summed E-state index contributed by atoms with van der Waals surface area (Å²) in [5.74, 6) is 1.20. The summed E-state index contributed by atoms with van der Waals surface area (Å²) in [7, 11) is 0. The van der Waals surface area contributed by atoms with Crippen molar-refractivity contribution in [3.63, 3.8) is 0 Å². The SMILES string of the molecule is N#Cc1ccc(C(=O)N2CCC[C@H](c3nc4ccccc4[nH]3)C2)cc1. The van der Waals surface area contributed by atoms with Crippen molar-refractivity contribution in [3.05, 3.63) is 65.5 Å². The zero-order valence-corrected chi connectivity index (χ0v) is 13.8. The van der Waals surface area contributed by atoms with Crippen LogP contribution in [0.1, 0.15) is 40.5 Å². The molecule has 5 heteroatoms. The van der Waals surface area contributed by atoms with Crippen molar-refractivity contribution in [3.8, 4) is 6.07 Å². The van der Waals surface area contributed by atoms with Crippen LogP contribution in [0.15, 0.2) is 48.5 Å². The Morgan fingerprint density at radius 3 is 2.76 bits per heavy atom. The lowest BCUT2D eigenvalue weighted by Crippen LogP contribution is -2.39. The second-order valence-electron chi connectivity index (χ2n) is 6.42. The minimum Gasteiger partial charge on any atom is -0.342 e. The lowest BCUT2D eigenvalue weighted by atomic mass is 9.96. The number of amides is 1. The number of hydrogen-bond acceptors (Lipinski definition) is 3. The number of piperidine rings is 1. The van der Waals surface area contributed by atoms with E-state index in [-0.39, 0.29) is 11.8 Å². The van der Waals surface area contributed by atoms with Crippen molar-refractivity contribution in [1.82, 2.24) is 14.9 Å². The van der Waals surface area contributed by atoms with E-state index in [1.807, 2.05) is 29.2 Å². The number of rotatable bonds is 2. The van der Waals surface area contributed by atoms with Gasteiger partial charge in [0.15, 0.2) is 0 Å². The summed E-state index contributed by atoms with van der Waals surface area (Å²) in [4.78, 5) is 22.7. The van der Waals surface area contributed by atoms with Crippen LogP contribution in [0.25, 0.3) is 11.0 Å². The molecule has 1 atom stereocenters. The van der Waals surface area contributed by atoms with Crippen LogP contribution in [0.5, 0.6) is 0 Å². The van der Waals surface area contributed by atoms with Crippen molar-refractivity contribution in [2.45, 2.75) is 18.8 Å². The first kappa shape index (κ1) is 15.4. The fourth-order valence-corrected chi connectivity index (χ4v) is 3.42. The third-order valence-electron chi connectivity index (χ3n) is 4.76. The summed E-state index contributed by atoms with van der Waals surface area (Å²) in [5, 5.41) is 8.88. The largest absolute Gasteiger partial charge is 0.342 e. The molecule has 1 amide bonds. The van der Waals surface area contributed by atoms with Crippen molar-refractivity contribution in [2.24, 2.45) is 0 Å². The van der Waals surface area contributed by atoms with Crippen LogP contribution in [0, 0.1) is 11.3 Å². The molecule has 2 aromatic carbocycles. The van der Waals surface area contributed by atoms with Gasteiger partial charge in [0.2, 0.25) is 0 Å². The van der Waals surface area contributed by atoms with Gasteiger partial charge in [-0.1, -0.05) is 12.1 Å². The Kier molecular flexibility index (Phi) is 3.95. The molecule has 5 nitrogen and oxygen atoms in total. The van der Waals surface area contributed by atoms with Crippen LogP contribution < -0.4 is 0 Å². The Morgan fingerprint density at radius 1 is 1.20 bits per heavy atom. The number of carbonyl (C=O) groups excluding carboxylic acids is 1. The average Bonchev–Trinajstić information content (AvgIpc) is 3.12. The van der Waals surface area contributed by atoms with Crippen molar-refractivity contribution < 1.29 is 4.79 Å². The highest BCUT2D eigenvalue weighted by Gasteiger charge is 2.27. The molecule has 1 saturated heterocycles. The summed E-state index contributed by atoms with van der Waals surface area (Å²) in [6.45, 7) is 1.42. The molecule has 2 heterocycles. The highest BCUT2D eigenvalue weighted by Crippen LogP contribution is 2.27. The van der Waals surface area contributed by atoms with E-state index in [1.165, 1.54) is 0 Å². The highest BCUT2D eigenvalue weighted by molar-refractivity contribution is 5.94. The molecule has 124 valence electrons. The first-order valence-electron chi connectivity index (χ1n) is 8.48. The highest BCUT2D eigenvalue weighted by atomic mass is 16.2. The van der Waals surface area contributed by atoms with Crippen LogP contribution in [-0.2, 0) is 0 Å². The van der Waals surface area contributed by atoms with Gasteiger partial charge in [0.1, 0.15) is 5.82 Å². The molecule has 1 fully saturated rings. The second-order valence-corrected chi connectivity index (χ2v) is 6.42. The molecular formula is C20H18N4O. The lowest BCUT2D eigenvalue weighted by molar-refractivity contribution is 0.0705. The third-order valence-corrected chi connectivity index (χ3v) is 4.76. The number of hydrogen-bond donors (Lipinski definition) is 1. The van der Waals surface area contributed by atoms with Crippen LogP contribution in [0.3, 0.4) is 0 Å². The number of H-pyrrole nitrogens is 1. The maximum absolute atomic E-state index is 12.8. The van der Waals surface area contributed by atoms with Gasteiger partial charge in [-0.3, -0.25) is 4.79 Å². The van der Waals surface area contributed by atoms with E-state index in [4.69, 9.17) is 10.2 Å². The van der Waals surface area contributed by atoms with Gasteiger partial charge in [-0.2, -0.15) is 5.26 Å². The van der Waals surface area contributed by atoms with Gasteiger partial charge in [0, 0.05) is 24.6 Å². The fourth-order valence-electron chi connectivity index (χ4n) is 3.42. The maximum Gasteiger partial charge on any atom is 0.253 e. The number of benzene rings is 2. The fraction of sp³-hybridized carbons (Fsp3) is 0.250. The molecule has 1 aromatic heterocycles. The second kappa shape index (κ2) is 6.40. The molecule has 0 aliphatic carbocycles. The molecule has 25 heavy (non-hydrogen) atoms. The molecule has 0 spiro atoms. The summed E-state index contributed by atoms with van der Waals surface area (Å²) in [6, 6.07) is 16.9. The summed E-state index contributed by atoms with van der Waals surface area (Å²) >= 11 is 0. The van der Waals surface area contributed by atoms with Crippen LogP contribution in [-0.4, -0.2) is 33.9 Å². The van der Waals surface area contributed by atoms with Gasteiger partial charge in [-0.25, -0.2) is 4.98 Å². The first-order valence-corrected chi connectivity index (χ1v) is 8.48. The van der Waals surface area contributed by atoms with Gasteiger partial charge >= 0.3 is 0 Å². The zero-order valence-electron chi connectivity index (χ0n) is 13.8. The molecule has 1 N–H and O–H groups in total. The van der Waals surface area contributed by atoms with Crippen LogP contribution in [0.2, 0.25) is 0 Å². The molecule has 4 rings (SSSR count). The Morgan fingerprint density at radius 2 is 2.00 bits per heavy atom. The van der Waals surface area contributed by atoms with Crippen molar-refractivity contribution in [2.75, 3.05) is 13.1 Å². The number of likely N-dealkylation sites (tertiary alicyclic amines) is 1. The quantitative estimate of drug-likeness (QED) is 0.782. The average molecular weight is 330 g/mol. The van der Waals surface area contributed by atoms with Gasteiger partial charge in [-0.05, 0) is 49.2 Å². The van der Waals surface area contributed by atoms with E-state index in [0.29, 0.717) is 17.7 Å². The summed E-state index contributed by atoms with van der Waals surface area (Å²) in [6.07, 6.45) is 1.99. The predicted molar refractivity (Wildman–Crippen MR) is 95.1 cm³/mol. The lowest BCUT2D eigenvalue weighted by Gasteiger charge is -2.32. The van der Waals surface area contributed by atoms with E-state index in [1.54, 1.807) is 24.3 Å². The molecule has 0 bridgehead atoms. The Bertz CT molecular complexity index is 919. The summed E-state index contributed by atoms with van der Waals surface area (Å²) < 4.78 is 0. The Hall–Kier alpha value is -3.13. The third kappa shape index (κ3) is 2.99. The number of fused-ring (bicyclic) bond motifs is 1. The maximum atomic E-state index is 12.8. The van der Waals surface area contributed by atoms with Gasteiger partial charge in [-0.15, -0.1) is 0 Å². The number of nitrogens with one attached hydrogen (secondary N) is 1. The first-order chi connectivity index (χ1) is 12.2. The van der Waals surface area contributed by atoms with Crippen LogP contribution in [0.4, 0.5) is 0 Å². The summed E-state index contributed by atoms with van der Waals surface area (Å²) in [5.41, 5.74) is 3.20. The van der Waals surface area contributed by atoms with Crippen molar-refractivity contribution in [1.29, 1.82) is 5.26 Å². The van der Waals surface area contributed by atoms with Gasteiger partial charge < -0.3 is 9.88 Å². The molecule has 3 aromatic rings. The number of carbonyl (C=O) groups is 1. The number of aromatic amines is 1. The molecule has 0 saturated carbocycles. The van der Waals surface area contributed by atoms with E-state index < -0.39 is 0 Å². The van der Waals surface area contributed by atoms with Crippen molar-refractivity contribution >= 4 is 16.9 Å². The minimum absolute atomic E-state index is 0.0188. The number of para-hydroxylation sites is 2. The number of nitrogens with zero attached hydrogens (tertiary/aromatic N) is 3. The molecule has 1 aliphatic heterocycles.